The van der Waals surface area contributed by atoms with Crippen LogP contribution in [0.1, 0.15) is 228 Å². The van der Waals surface area contributed by atoms with Gasteiger partial charge in [-0.05, 0) is 119 Å². The molecule has 4 aromatic rings. The quantitative estimate of drug-likeness (QED) is 0.108. The monoisotopic (exact) mass is 849 g/mol. The highest BCUT2D eigenvalue weighted by molar-refractivity contribution is 7.51. The van der Waals surface area contributed by atoms with E-state index < -0.39 is 16.1 Å². The summed E-state index contributed by atoms with van der Waals surface area (Å²) in [5.41, 5.74) is 12.6. The Morgan fingerprint density at radius 3 is 0.850 bits per heavy atom. The summed E-state index contributed by atoms with van der Waals surface area (Å²) in [4.78, 5) is 0. The van der Waals surface area contributed by atoms with Crippen LogP contribution in [0, 0.1) is 0 Å². The lowest BCUT2D eigenvalue weighted by molar-refractivity contribution is 0.379. The van der Waals surface area contributed by atoms with Crippen LogP contribution < -0.4 is 40.4 Å². The van der Waals surface area contributed by atoms with Crippen LogP contribution in [0.25, 0.3) is 0 Å². The maximum atomic E-state index is 9.25. The second-order valence-corrected chi connectivity index (χ2v) is 28.4. The minimum atomic E-state index is -3.65. The number of benzene rings is 4. The largest absolute Gasteiger partial charge is 0.497 e. The molecule has 6 heteroatoms. The molecule has 0 fully saturated rings. The van der Waals surface area contributed by atoms with Crippen LogP contribution in [-0.2, 0) is 0 Å². The maximum Gasteiger partial charge on any atom is 0.193 e. The zero-order valence-electron chi connectivity index (χ0n) is 41.6. The first-order valence-corrected chi connectivity index (χ1v) is 27.6. The summed E-state index contributed by atoms with van der Waals surface area (Å²) in [5.74, 6) is 4.84. The van der Waals surface area contributed by atoms with E-state index in [1.807, 2.05) is 0 Å². The third-order valence-corrected chi connectivity index (χ3v) is 23.8. The fraction of sp³-hybridized carbons (Fsp3) is 0.556. The van der Waals surface area contributed by atoms with E-state index in [0.29, 0.717) is 23.5 Å². The topological polar surface area (TPSA) is 53.7 Å². The minimum absolute atomic E-state index is 0.222. The van der Waals surface area contributed by atoms with E-state index in [4.69, 9.17) is 14.2 Å². The van der Waals surface area contributed by atoms with Crippen LogP contribution in [0.15, 0.2) is 48.5 Å². The van der Waals surface area contributed by atoms with Gasteiger partial charge in [0.15, 0.2) is 7.75 Å². The molecule has 0 spiro atoms. The smallest absolute Gasteiger partial charge is 0.193 e. The van der Waals surface area contributed by atoms with Gasteiger partial charge in [0.05, 0.1) is 21.3 Å². The van der Waals surface area contributed by atoms with Gasteiger partial charge in [-0.15, -0.1) is 0 Å². The molecule has 4 aromatic carbocycles. The van der Waals surface area contributed by atoms with E-state index in [9.17, 15) is 5.40 Å². The van der Waals surface area contributed by atoms with Crippen molar-refractivity contribution in [2.24, 2.45) is 5.40 Å². The van der Waals surface area contributed by atoms with Crippen molar-refractivity contribution in [3.05, 3.63) is 98.6 Å². The normalized spacial score (nSPS) is 13.5. The lowest BCUT2D eigenvalue weighted by atomic mass is 9.89. The van der Waals surface area contributed by atoms with Crippen molar-refractivity contribution in [2.45, 2.75) is 178 Å². The van der Waals surface area contributed by atoms with Crippen LogP contribution in [0.4, 0.5) is 0 Å². The van der Waals surface area contributed by atoms with Crippen molar-refractivity contribution in [3.8, 4) is 17.2 Å². The summed E-state index contributed by atoms with van der Waals surface area (Å²) < 4.78 is 19.2. The molecule has 0 bridgehead atoms. The number of ether oxygens (including phenoxy) is 3. The van der Waals surface area contributed by atoms with Crippen LogP contribution in [0.5, 0.6) is 17.2 Å². The SMILES string of the molecule is COc1cc(OC)c([Si](N)(c2c(C(C)C)cc(C(C)C)cc2C(C)C)[Si](c2c(C(C)C)cc(C(C)C)cc2C(C)C)c2c(C(C)C)cc(C(C)C)cc2C(C)C)c(OC)c1. The summed E-state index contributed by atoms with van der Waals surface area (Å²) in [7, 11) is -0.385. The molecule has 1 atom stereocenters. The molecule has 0 amide bonds. The third-order valence-electron chi connectivity index (χ3n) is 12.8. The highest BCUT2D eigenvalue weighted by Crippen LogP contribution is 2.37. The van der Waals surface area contributed by atoms with Crippen LogP contribution in [0.3, 0.4) is 0 Å². The third kappa shape index (κ3) is 9.51. The first-order valence-electron chi connectivity index (χ1n) is 23.0. The van der Waals surface area contributed by atoms with E-state index in [1.54, 1.807) is 21.3 Å². The number of methoxy groups -OCH3 is 3. The molecule has 60 heavy (non-hydrogen) atoms. The first-order chi connectivity index (χ1) is 28.0. The van der Waals surface area contributed by atoms with Crippen LogP contribution in [0.2, 0.25) is 0 Å². The van der Waals surface area contributed by atoms with Gasteiger partial charge < -0.3 is 19.6 Å². The molecule has 0 aliphatic carbocycles. The molecule has 0 aliphatic heterocycles. The standard InChI is InChI=1S/C54H82NO3Si2/c1-30(2)39-22-43(33(7)8)51(44(23-39)34(9)10)59(52-45(35(11)12)24-40(31(3)4)25-46(52)36(13)14)60(55,54-49(57-20)28-42(56-19)29-50(54)58-21)53-47(37(15)16)26-41(32(5)6)27-48(53)38(17)18/h22-38H,55H2,1-21H3. The van der Waals surface area contributed by atoms with Crippen LogP contribution >= 0.6 is 0 Å². The molecule has 0 saturated carbocycles. The zero-order chi connectivity index (χ0) is 45.3. The number of nitrogens with two attached hydrogens (primary N) is 1. The lowest BCUT2D eigenvalue weighted by Gasteiger charge is -2.44. The van der Waals surface area contributed by atoms with Gasteiger partial charge in [-0.2, -0.15) is 0 Å². The molecule has 1 unspecified atom stereocenters. The lowest BCUT2D eigenvalue weighted by Crippen LogP contribution is -2.84. The van der Waals surface area contributed by atoms with Gasteiger partial charge in [0, 0.05) is 17.3 Å². The molecule has 329 valence electrons. The molecule has 1 radical (unpaired) electrons. The van der Waals surface area contributed by atoms with Crippen molar-refractivity contribution >= 4 is 36.8 Å². The molecule has 4 nitrogen and oxygen atoms in total. The van der Waals surface area contributed by atoms with Crippen molar-refractivity contribution in [2.75, 3.05) is 21.3 Å². The van der Waals surface area contributed by atoms with Gasteiger partial charge in [-0.3, -0.25) is 0 Å². The van der Waals surface area contributed by atoms with E-state index in [2.05, 4.69) is 173 Å². The highest BCUT2D eigenvalue weighted by Gasteiger charge is 2.54. The Morgan fingerprint density at radius 1 is 0.367 bits per heavy atom. The van der Waals surface area contributed by atoms with Crippen molar-refractivity contribution in [1.29, 1.82) is 0 Å². The summed E-state index contributed by atoms with van der Waals surface area (Å²) in [5, 5.41) is 14.6. The minimum Gasteiger partial charge on any atom is -0.497 e. The fourth-order valence-electron chi connectivity index (χ4n) is 9.19. The molecular weight excluding hydrogens is 767 g/mol. The van der Waals surface area contributed by atoms with Gasteiger partial charge in [-0.1, -0.05) is 161 Å². The molecule has 2 N–H and O–H groups in total. The Morgan fingerprint density at radius 2 is 0.633 bits per heavy atom. The van der Waals surface area contributed by atoms with Gasteiger partial charge in [0.2, 0.25) is 0 Å². The Hall–Kier alpha value is -3.33. The van der Waals surface area contributed by atoms with Crippen molar-refractivity contribution in [3.63, 3.8) is 0 Å². The average molecular weight is 849 g/mol. The van der Waals surface area contributed by atoms with E-state index >= 15 is 0 Å². The number of rotatable bonds is 17. The molecule has 0 heterocycles. The Balaban J connectivity index is 2.67. The molecule has 0 aromatic heterocycles. The Kier molecular flexibility index (Phi) is 16.3. The second kappa shape index (κ2) is 19.8. The van der Waals surface area contributed by atoms with E-state index in [-0.39, 0.29) is 35.5 Å². The molecule has 0 saturated heterocycles. The predicted octanol–water partition coefficient (Wildman–Crippen LogP) is 12.2. The van der Waals surface area contributed by atoms with Crippen LogP contribution in [-0.4, -0.2) is 37.4 Å². The molecular formula is C54H82NO3Si2. The van der Waals surface area contributed by atoms with Gasteiger partial charge >= 0.3 is 0 Å². The summed E-state index contributed by atoms with van der Waals surface area (Å²) in [6.07, 6.45) is 0. The van der Waals surface area contributed by atoms with E-state index in [1.165, 1.54) is 65.6 Å². The van der Waals surface area contributed by atoms with Gasteiger partial charge in [0.1, 0.15) is 25.6 Å². The zero-order valence-corrected chi connectivity index (χ0v) is 43.6. The first kappa shape index (κ1) is 49.3. The average Bonchev–Trinajstić information content (AvgIpc) is 3.18. The van der Waals surface area contributed by atoms with Gasteiger partial charge in [-0.25, -0.2) is 0 Å². The summed E-state index contributed by atoms with van der Waals surface area (Å²) in [6.45, 7) is 42.6. The summed E-state index contributed by atoms with van der Waals surface area (Å²) >= 11 is 0. The summed E-state index contributed by atoms with van der Waals surface area (Å²) in [6, 6.07) is 19.4. The molecule has 0 aliphatic rings. The number of hydrogen-bond donors (Lipinski definition) is 1. The predicted molar refractivity (Wildman–Crippen MR) is 266 cm³/mol. The van der Waals surface area contributed by atoms with E-state index in [0.717, 1.165) is 16.7 Å². The van der Waals surface area contributed by atoms with Gasteiger partial charge in [0.25, 0.3) is 0 Å². The van der Waals surface area contributed by atoms with Crippen molar-refractivity contribution in [1.82, 2.24) is 0 Å². The number of hydrogen-bond acceptors (Lipinski definition) is 4. The second-order valence-electron chi connectivity index (χ2n) is 20.2. The fourth-order valence-corrected chi connectivity index (χ4v) is 23.5. The molecule has 4 rings (SSSR count). The van der Waals surface area contributed by atoms with Crippen molar-refractivity contribution < 1.29 is 14.2 Å². The Bertz CT molecular complexity index is 1920. The maximum absolute atomic E-state index is 9.25. The Labute approximate surface area is 369 Å². The highest BCUT2D eigenvalue weighted by atomic mass is 29.2.